The van der Waals surface area contributed by atoms with Gasteiger partial charge in [-0.25, -0.2) is 4.57 Å². The van der Waals surface area contributed by atoms with Crippen LogP contribution in [0.1, 0.15) is 98.8 Å². The van der Waals surface area contributed by atoms with Crippen LogP contribution in [0.25, 0.3) is 0 Å². The highest BCUT2D eigenvalue weighted by Crippen LogP contribution is 2.52. The molecule has 0 aromatic carbocycles. The molecule has 0 aliphatic carbocycles. The Balaban J connectivity index is 4.17. The third-order valence-corrected chi connectivity index (χ3v) is 7.94. The van der Waals surface area contributed by atoms with Gasteiger partial charge in [0.2, 0.25) is 7.59 Å². The summed E-state index contributed by atoms with van der Waals surface area (Å²) >= 11 is 34.0. The van der Waals surface area contributed by atoms with Crippen molar-refractivity contribution in [1.29, 1.82) is 0 Å². The van der Waals surface area contributed by atoms with Gasteiger partial charge in [0.1, 0.15) is 13.2 Å². The van der Waals surface area contributed by atoms with Crippen molar-refractivity contribution in [3.63, 3.8) is 0 Å². The predicted octanol–water partition coefficient (Wildman–Crippen LogP) is 11.3. The molecule has 0 rings (SSSR count). The van der Waals surface area contributed by atoms with Gasteiger partial charge in [-0.1, -0.05) is 162 Å². The summed E-state index contributed by atoms with van der Waals surface area (Å²) in [5.41, 5.74) is 0. The van der Waals surface area contributed by atoms with E-state index in [2.05, 4.69) is 34.6 Å². The normalized spacial score (nSPS) is 16.0. The molecule has 0 saturated carbocycles. The molecule has 0 N–H and O–H groups in total. The molecule has 0 spiro atoms. The van der Waals surface area contributed by atoms with Crippen molar-refractivity contribution in [2.75, 3.05) is 19.8 Å². The van der Waals surface area contributed by atoms with Crippen molar-refractivity contribution in [3.8, 4) is 0 Å². The molecule has 0 fully saturated rings. The minimum Gasteiger partial charge on any atom is -0.287 e. The Labute approximate surface area is 244 Å². The maximum atomic E-state index is 12.8. The molecule has 0 bridgehead atoms. The Morgan fingerprint density at radius 1 is 0.571 bits per heavy atom. The fourth-order valence-corrected chi connectivity index (χ4v) is 5.76. The van der Waals surface area contributed by atoms with Gasteiger partial charge >= 0.3 is 7.82 Å². The van der Waals surface area contributed by atoms with Crippen LogP contribution >= 0.6 is 77.4 Å². The van der Waals surface area contributed by atoms with Gasteiger partial charge in [-0.05, 0) is 30.1 Å². The zero-order valence-corrected chi connectivity index (χ0v) is 27.3. The molecule has 0 aliphatic rings. The Bertz CT molecular complexity index is 561. The summed E-state index contributed by atoms with van der Waals surface area (Å²) in [6.07, 6.45) is 12.1. The zero-order chi connectivity index (χ0) is 27.1. The Morgan fingerprint density at radius 3 is 1.26 bits per heavy atom. The first-order valence-electron chi connectivity index (χ1n) is 12.7. The van der Waals surface area contributed by atoms with Crippen LogP contribution in [0.2, 0.25) is 0 Å². The topological polar surface area (TPSA) is 44.8 Å². The first-order chi connectivity index (χ1) is 16.0. The molecule has 3 atom stereocenters. The summed E-state index contributed by atoms with van der Waals surface area (Å²) in [7, 11) is -4.05. The second kappa shape index (κ2) is 19.0. The van der Waals surface area contributed by atoms with Gasteiger partial charge in [0.15, 0.2) is 0 Å². The van der Waals surface area contributed by atoms with Crippen LogP contribution in [0.15, 0.2) is 0 Å². The fourth-order valence-electron chi connectivity index (χ4n) is 3.72. The third kappa shape index (κ3) is 24.6. The van der Waals surface area contributed by atoms with Crippen molar-refractivity contribution >= 4 is 77.4 Å². The van der Waals surface area contributed by atoms with E-state index in [0.29, 0.717) is 12.3 Å². The highest BCUT2D eigenvalue weighted by molar-refractivity contribution is 7.48. The van der Waals surface area contributed by atoms with E-state index in [1.165, 1.54) is 44.9 Å². The van der Waals surface area contributed by atoms with Crippen LogP contribution in [0.4, 0.5) is 0 Å². The number of phosphoric acid groups is 1. The first-order valence-corrected chi connectivity index (χ1v) is 16.4. The largest absolute Gasteiger partial charge is 0.475 e. The van der Waals surface area contributed by atoms with Crippen molar-refractivity contribution in [2.45, 2.75) is 106 Å². The van der Waals surface area contributed by atoms with Gasteiger partial charge in [-0.2, -0.15) is 0 Å². The molecule has 212 valence electrons. The van der Waals surface area contributed by atoms with Gasteiger partial charge < -0.3 is 0 Å². The third-order valence-electron chi connectivity index (χ3n) is 5.90. The van der Waals surface area contributed by atoms with Crippen molar-refractivity contribution in [1.82, 2.24) is 0 Å². The molecule has 4 nitrogen and oxygen atoms in total. The lowest BCUT2D eigenvalue weighted by molar-refractivity contribution is 0.111. The van der Waals surface area contributed by atoms with Gasteiger partial charge in [0, 0.05) is 0 Å². The molecule has 0 aromatic heterocycles. The average molecular weight is 641 g/mol. The minimum atomic E-state index is -4.05. The summed E-state index contributed by atoms with van der Waals surface area (Å²) in [6, 6.07) is 0. The second-order valence-electron chi connectivity index (χ2n) is 10.3. The predicted molar refractivity (Wildman–Crippen MR) is 155 cm³/mol. The first kappa shape index (κ1) is 36.8. The summed E-state index contributed by atoms with van der Waals surface area (Å²) in [5, 5.41) is 0. The van der Waals surface area contributed by atoms with E-state index in [9.17, 15) is 4.57 Å². The summed E-state index contributed by atoms with van der Waals surface area (Å²) < 4.78 is 24.9. The molecule has 35 heavy (non-hydrogen) atoms. The van der Waals surface area contributed by atoms with Crippen molar-refractivity contribution in [3.05, 3.63) is 0 Å². The number of hydrogen-bond acceptors (Lipinski definition) is 4. The minimum absolute atomic E-state index is 0.155. The van der Waals surface area contributed by atoms with Gasteiger partial charge in [0.25, 0.3) is 0 Å². The highest BCUT2D eigenvalue weighted by Gasteiger charge is 2.35. The lowest BCUT2D eigenvalue weighted by Crippen LogP contribution is -2.17. The van der Waals surface area contributed by atoms with E-state index in [1.807, 2.05) is 0 Å². The molecule has 0 aliphatic heterocycles. The number of halogens is 6. The van der Waals surface area contributed by atoms with Crippen LogP contribution in [-0.2, 0) is 18.1 Å². The van der Waals surface area contributed by atoms with E-state index in [1.54, 1.807) is 0 Å². The Kier molecular flexibility index (Phi) is 20.0. The van der Waals surface area contributed by atoms with Crippen LogP contribution in [0, 0.1) is 23.7 Å². The summed E-state index contributed by atoms with van der Waals surface area (Å²) in [5.74, 6) is 2.75. The van der Waals surface area contributed by atoms with Crippen LogP contribution in [-0.4, -0.2) is 27.4 Å². The fraction of sp³-hybridized carbons (Fsp3) is 1.00. The molecule has 0 amide bonds. The lowest BCUT2D eigenvalue weighted by Gasteiger charge is -2.22. The zero-order valence-electron chi connectivity index (χ0n) is 21.8. The smallest absolute Gasteiger partial charge is 0.287 e. The molecule has 0 aromatic rings. The van der Waals surface area contributed by atoms with E-state index < -0.39 is 28.6 Å². The average Bonchev–Trinajstić information content (AvgIpc) is 2.70. The van der Waals surface area contributed by atoms with Crippen LogP contribution in [0.5, 0.6) is 0 Å². The quantitative estimate of drug-likeness (QED) is 0.0981. The van der Waals surface area contributed by atoms with E-state index in [0.717, 1.165) is 30.6 Å². The SMILES string of the molecule is CC(C)CCCC(C)CCCC(C)CCCC(C)CCOP(=O)(OCC(Cl)(Cl)Cl)OCC(Cl)(Cl)Cl. The number of phosphoric ester groups is 1. The molecular formula is C24H45Cl6O4P. The van der Waals surface area contributed by atoms with Crippen LogP contribution in [0.3, 0.4) is 0 Å². The summed E-state index contributed by atoms with van der Waals surface area (Å²) in [4.78, 5) is 0. The van der Waals surface area contributed by atoms with Crippen molar-refractivity contribution in [2.24, 2.45) is 23.7 Å². The number of alkyl halides is 6. The summed E-state index contributed by atoms with van der Waals surface area (Å²) in [6.45, 7) is 10.6. The highest BCUT2D eigenvalue weighted by atomic mass is 35.6. The van der Waals surface area contributed by atoms with Crippen molar-refractivity contribution < 1.29 is 18.1 Å². The molecule has 3 unspecified atom stereocenters. The number of rotatable bonds is 20. The van der Waals surface area contributed by atoms with Gasteiger partial charge in [0.05, 0.1) is 6.61 Å². The van der Waals surface area contributed by atoms with Crippen LogP contribution < -0.4 is 0 Å². The Hall–Kier alpha value is 1.85. The Morgan fingerprint density at radius 2 is 0.914 bits per heavy atom. The maximum Gasteiger partial charge on any atom is 0.475 e. The van der Waals surface area contributed by atoms with Gasteiger partial charge in [-0.3, -0.25) is 13.6 Å². The standard InChI is InChI=1S/C24H45Cl6O4P/c1-19(2)9-6-10-20(3)11-7-12-21(4)13-8-14-22(5)15-16-32-35(31,33-17-23(25,26)27)34-18-24(28,29)30/h19-22H,6-18H2,1-5H3. The number of hydrogen-bond donors (Lipinski definition) is 0. The van der Waals surface area contributed by atoms with Gasteiger partial charge in [-0.15, -0.1) is 0 Å². The monoisotopic (exact) mass is 638 g/mol. The molecule has 0 saturated heterocycles. The second-order valence-corrected chi connectivity index (χ2v) is 17.0. The van der Waals surface area contributed by atoms with E-state index in [4.69, 9.17) is 83.2 Å². The molecule has 0 radical (unpaired) electrons. The van der Waals surface area contributed by atoms with E-state index >= 15 is 0 Å². The molecule has 11 heteroatoms. The maximum absolute atomic E-state index is 12.8. The lowest BCUT2D eigenvalue weighted by atomic mass is 9.91. The molecular weight excluding hydrogens is 596 g/mol. The van der Waals surface area contributed by atoms with E-state index in [-0.39, 0.29) is 6.61 Å². The molecule has 0 heterocycles.